The first kappa shape index (κ1) is 25.5. The predicted octanol–water partition coefficient (Wildman–Crippen LogP) is 3.00. The van der Waals surface area contributed by atoms with E-state index in [4.69, 9.17) is 5.73 Å². The number of piperidine rings is 1. The van der Waals surface area contributed by atoms with Crippen LogP contribution in [-0.2, 0) is 0 Å². The van der Waals surface area contributed by atoms with Crippen LogP contribution in [0, 0.1) is 12.8 Å². The minimum atomic E-state index is -0.695. The lowest BCUT2D eigenvalue weighted by molar-refractivity contribution is 0.0926. The lowest BCUT2D eigenvalue weighted by atomic mass is 9.84. The molecule has 3 aromatic rings. The quantitative estimate of drug-likeness (QED) is 0.372. The highest BCUT2D eigenvalue weighted by atomic mass is 32.1. The Balaban J connectivity index is 1.55. The molecule has 0 unspecified atom stereocenters. The van der Waals surface area contributed by atoms with Crippen LogP contribution in [0.2, 0.25) is 0 Å². The number of nitrogens with one attached hydrogen (secondary N) is 1. The van der Waals surface area contributed by atoms with Gasteiger partial charge in [0.1, 0.15) is 10.8 Å². The fraction of sp³-hybridized carbons (Fsp3) is 0.400. The van der Waals surface area contributed by atoms with Gasteiger partial charge >= 0.3 is 0 Å². The molecule has 1 aliphatic heterocycles. The fourth-order valence-corrected chi connectivity index (χ4v) is 5.19. The van der Waals surface area contributed by atoms with Crippen LogP contribution in [0.1, 0.15) is 45.8 Å². The molecule has 2 aromatic heterocycles. The molecule has 10 nitrogen and oxygen atoms in total. The van der Waals surface area contributed by atoms with Crippen LogP contribution < -0.4 is 20.9 Å². The SMILES string of the molecule is Cc1cc(Nc2nc(N3CCC[C@@H](CC(=O)c4ccc(N(C)C)cc4)[C@H]3CO)cnc2C(N)=O)sn1. The fourth-order valence-electron chi connectivity index (χ4n) is 4.53. The molecule has 11 heteroatoms. The number of benzene rings is 1. The molecule has 1 aromatic carbocycles. The van der Waals surface area contributed by atoms with E-state index in [2.05, 4.69) is 19.7 Å². The molecule has 0 spiro atoms. The second-order valence-electron chi connectivity index (χ2n) is 9.16. The van der Waals surface area contributed by atoms with Gasteiger partial charge in [-0.05, 0) is 67.5 Å². The lowest BCUT2D eigenvalue weighted by Crippen LogP contribution is -2.48. The number of aliphatic hydroxyl groups excluding tert-OH is 1. The van der Waals surface area contributed by atoms with Gasteiger partial charge < -0.3 is 26.0 Å². The van der Waals surface area contributed by atoms with Crippen LogP contribution in [0.25, 0.3) is 0 Å². The number of amides is 1. The number of rotatable bonds is 9. The van der Waals surface area contributed by atoms with E-state index < -0.39 is 5.91 Å². The molecule has 1 aliphatic rings. The van der Waals surface area contributed by atoms with Gasteiger partial charge in [-0.1, -0.05) is 0 Å². The highest BCUT2D eigenvalue weighted by Crippen LogP contribution is 2.32. The maximum Gasteiger partial charge on any atom is 0.271 e. The molecule has 1 amide bonds. The van der Waals surface area contributed by atoms with Crippen molar-refractivity contribution in [3.8, 4) is 0 Å². The van der Waals surface area contributed by atoms with Gasteiger partial charge in [0.15, 0.2) is 17.3 Å². The summed E-state index contributed by atoms with van der Waals surface area (Å²) in [5.74, 6) is 0.0420. The molecular formula is C25H31N7O3S. The Morgan fingerprint density at radius 3 is 2.64 bits per heavy atom. The maximum atomic E-state index is 13.1. The summed E-state index contributed by atoms with van der Waals surface area (Å²) in [6, 6.07) is 9.08. The summed E-state index contributed by atoms with van der Waals surface area (Å²) < 4.78 is 4.24. The number of nitrogens with two attached hydrogens (primary N) is 1. The molecule has 1 saturated heterocycles. The maximum absolute atomic E-state index is 13.1. The van der Waals surface area contributed by atoms with Gasteiger partial charge in [-0.15, -0.1) is 0 Å². The molecule has 4 rings (SSSR count). The standard InChI is InChI=1S/C25H31N7O3S/c1-15-11-22(36-30-15)29-25-23(24(26)35)27-13-21(28-25)32-10-4-5-17(19(32)14-33)12-20(34)16-6-8-18(9-7-16)31(2)3/h6-9,11,13,17,19,33H,4-5,10,12,14H2,1-3H3,(H2,26,35)(H,28,29)/t17-,19+/m0/s1. The second-order valence-corrected chi connectivity index (χ2v) is 9.97. The van der Waals surface area contributed by atoms with Gasteiger partial charge in [-0.25, -0.2) is 9.97 Å². The molecule has 36 heavy (non-hydrogen) atoms. The van der Waals surface area contributed by atoms with Crippen LogP contribution in [0.5, 0.6) is 0 Å². The molecule has 0 radical (unpaired) electrons. The third-order valence-corrected chi connectivity index (χ3v) is 7.21. The summed E-state index contributed by atoms with van der Waals surface area (Å²) in [6.45, 7) is 2.39. The summed E-state index contributed by atoms with van der Waals surface area (Å²) in [6.07, 6.45) is 3.47. The Bertz CT molecular complexity index is 1230. The number of aliphatic hydroxyl groups is 1. The Morgan fingerprint density at radius 1 is 1.28 bits per heavy atom. The van der Waals surface area contributed by atoms with E-state index in [1.165, 1.54) is 17.7 Å². The lowest BCUT2D eigenvalue weighted by Gasteiger charge is -2.41. The number of aromatic nitrogens is 3. The number of ketones is 1. The van der Waals surface area contributed by atoms with Crippen molar-refractivity contribution in [1.82, 2.24) is 14.3 Å². The van der Waals surface area contributed by atoms with E-state index in [-0.39, 0.29) is 35.9 Å². The van der Waals surface area contributed by atoms with Gasteiger partial charge in [0.05, 0.1) is 24.5 Å². The summed E-state index contributed by atoms with van der Waals surface area (Å²) >= 11 is 1.24. The van der Waals surface area contributed by atoms with Crippen molar-refractivity contribution in [2.75, 3.05) is 42.4 Å². The minimum Gasteiger partial charge on any atom is -0.394 e. The largest absolute Gasteiger partial charge is 0.394 e. The van der Waals surface area contributed by atoms with E-state index in [1.807, 2.05) is 61.2 Å². The topological polar surface area (TPSA) is 138 Å². The number of anilines is 4. The van der Waals surface area contributed by atoms with Crippen molar-refractivity contribution in [2.45, 2.75) is 32.2 Å². The van der Waals surface area contributed by atoms with E-state index >= 15 is 0 Å². The Hall–Kier alpha value is -3.57. The first-order valence-electron chi connectivity index (χ1n) is 11.8. The van der Waals surface area contributed by atoms with Crippen molar-refractivity contribution in [3.05, 3.63) is 53.5 Å². The van der Waals surface area contributed by atoms with E-state index in [0.29, 0.717) is 29.3 Å². The van der Waals surface area contributed by atoms with Gasteiger partial charge in [-0.2, -0.15) is 4.37 Å². The summed E-state index contributed by atoms with van der Waals surface area (Å²) in [5, 5.41) is 14.1. The smallest absolute Gasteiger partial charge is 0.271 e. The molecular weight excluding hydrogens is 478 g/mol. The van der Waals surface area contributed by atoms with Gasteiger partial charge in [0, 0.05) is 38.3 Å². The minimum absolute atomic E-state index is 0.0234. The van der Waals surface area contributed by atoms with Crippen LogP contribution in [0.3, 0.4) is 0 Å². The molecule has 4 N–H and O–H groups in total. The van der Waals surface area contributed by atoms with E-state index in [1.54, 1.807) is 0 Å². The van der Waals surface area contributed by atoms with Crippen molar-refractivity contribution in [2.24, 2.45) is 11.7 Å². The molecule has 2 atom stereocenters. The monoisotopic (exact) mass is 509 g/mol. The number of hydrogen-bond acceptors (Lipinski definition) is 10. The van der Waals surface area contributed by atoms with Crippen molar-refractivity contribution < 1.29 is 14.7 Å². The first-order chi connectivity index (χ1) is 17.3. The average molecular weight is 510 g/mol. The summed E-state index contributed by atoms with van der Waals surface area (Å²) in [4.78, 5) is 37.9. The van der Waals surface area contributed by atoms with Gasteiger partial charge in [0.2, 0.25) is 0 Å². The molecule has 190 valence electrons. The number of primary amides is 1. The highest BCUT2D eigenvalue weighted by Gasteiger charge is 2.34. The number of Topliss-reactive ketones (excluding diaryl/α,β-unsaturated/α-hetero) is 1. The number of hydrogen-bond donors (Lipinski definition) is 3. The normalized spacial score (nSPS) is 17.6. The molecule has 3 heterocycles. The Kier molecular flexibility index (Phi) is 7.80. The van der Waals surface area contributed by atoms with Gasteiger partial charge in [0.25, 0.3) is 5.91 Å². The van der Waals surface area contributed by atoms with E-state index in [9.17, 15) is 14.7 Å². The summed E-state index contributed by atoms with van der Waals surface area (Å²) in [5.41, 5.74) is 8.08. The highest BCUT2D eigenvalue weighted by molar-refractivity contribution is 7.10. The van der Waals surface area contributed by atoms with Crippen LogP contribution in [0.15, 0.2) is 36.5 Å². The Morgan fingerprint density at radius 2 is 2.03 bits per heavy atom. The summed E-state index contributed by atoms with van der Waals surface area (Å²) in [7, 11) is 3.91. The first-order valence-corrected chi connectivity index (χ1v) is 12.6. The number of aryl methyl sites for hydroxylation is 1. The molecule has 0 bridgehead atoms. The number of nitrogens with zero attached hydrogens (tertiary/aromatic N) is 5. The zero-order valence-corrected chi connectivity index (χ0v) is 21.5. The number of carbonyl (C=O) groups excluding carboxylic acids is 2. The van der Waals surface area contributed by atoms with Crippen LogP contribution in [-0.4, -0.2) is 64.4 Å². The van der Waals surface area contributed by atoms with Crippen LogP contribution >= 0.6 is 11.5 Å². The van der Waals surface area contributed by atoms with E-state index in [0.717, 1.165) is 24.2 Å². The Labute approximate surface area is 214 Å². The molecule has 0 aliphatic carbocycles. The third-order valence-electron chi connectivity index (χ3n) is 6.42. The molecule has 0 saturated carbocycles. The zero-order valence-electron chi connectivity index (χ0n) is 20.6. The van der Waals surface area contributed by atoms with Crippen molar-refractivity contribution >= 4 is 45.5 Å². The van der Waals surface area contributed by atoms with Gasteiger partial charge in [-0.3, -0.25) is 9.59 Å². The third kappa shape index (κ3) is 5.63. The molecule has 1 fully saturated rings. The zero-order chi connectivity index (χ0) is 25.8. The predicted molar refractivity (Wildman–Crippen MR) is 141 cm³/mol. The van der Waals surface area contributed by atoms with Crippen molar-refractivity contribution in [1.29, 1.82) is 0 Å². The number of carbonyl (C=O) groups is 2. The second kappa shape index (κ2) is 11.0. The van der Waals surface area contributed by atoms with Crippen molar-refractivity contribution in [3.63, 3.8) is 0 Å². The van der Waals surface area contributed by atoms with Crippen LogP contribution in [0.4, 0.5) is 22.3 Å². The average Bonchev–Trinajstić information content (AvgIpc) is 3.28.